The number of hydrogen-bond donors (Lipinski definition) is 2. The first-order valence-electron chi connectivity index (χ1n) is 5.85. The number of nitrogens with one attached hydrogen (secondary N) is 1. The molecule has 17 heavy (non-hydrogen) atoms. The molecule has 1 unspecified atom stereocenters. The molecule has 0 bridgehead atoms. The number of rotatable bonds is 4. The van der Waals surface area contributed by atoms with E-state index in [4.69, 9.17) is 4.74 Å². The van der Waals surface area contributed by atoms with Crippen LogP contribution in [0.2, 0.25) is 0 Å². The van der Waals surface area contributed by atoms with Gasteiger partial charge in [0, 0.05) is 26.1 Å². The highest BCUT2D eigenvalue weighted by atomic mass is 19.1. The van der Waals surface area contributed by atoms with Crippen molar-refractivity contribution < 1.29 is 14.2 Å². The molecule has 0 saturated carbocycles. The van der Waals surface area contributed by atoms with Crippen molar-refractivity contribution in [2.75, 3.05) is 19.8 Å². The molecule has 1 aliphatic heterocycles. The summed E-state index contributed by atoms with van der Waals surface area (Å²) in [5.74, 6) is -0.214. The van der Waals surface area contributed by atoms with E-state index in [-0.39, 0.29) is 5.82 Å². The number of aliphatic hydroxyl groups is 1. The monoisotopic (exact) mass is 239 g/mol. The Morgan fingerprint density at radius 1 is 1.53 bits per heavy atom. The van der Waals surface area contributed by atoms with Gasteiger partial charge >= 0.3 is 0 Å². The molecule has 0 spiro atoms. The fraction of sp³-hybridized carbons (Fsp3) is 0.538. The first kappa shape index (κ1) is 12.5. The van der Waals surface area contributed by atoms with E-state index < -0.39 is 5.60 Å². The summed E-state index contributed by atoms with van der Waals surface area (Å²) in [4.78, 5) is 0. The second kappa shape index (κ2) is 5.12. The third kappa shape index (κ3) is 3.25. The van der Waals surface area contributed by atoms with Gasteiger partial charge in [0.1, 0.15) is 11.4 Å². The van der Waals surface area contributed by atoms with Crippen molar-refractivity contribution in [2.45, 2.75) is 25.5 Å². The molecule has 2 N–H and O–H groups in total. The Kier molecular flexibility index (Phi) is 3.76. The van der Waals surface area contributed by atoms with Gasteiger partial charge in [0.2, 0.25) is 0 Å². The Bertz CT molecular complexity index is 389. The van der Waals surface area contributed by atoms with Gasteiger partial charge in [0.25, 0.3) is 0 Å². The molecule has 0 aromatic heterocycles. The molecule has 1 heterocycles. The van der Waals surface area contributed by atoms with Crippen LogP contribution in [0.5, 0.6) is 0 Å². The summed E-state index contributed by atoms with van der Waals surface area (Å²) in [7, 11) is 0. The van der Waals surface area contributed by atoms with E-state index in [0.29, 0.717) is 32.7 Å². The van der Waals surface area contributed by atoms with Crippen molar-refractivity contribution in [3.8, 4) is 0 Å². The smallest absolute Gasteiger partial charge is 0.123 e. The van der Waals surface area contributed by atoms with Crippen LogP contribution in [-0.4, -0.2) is 30.5 Å². The molecule has 94 valence electrons. The summed E-state index contributed by atoms with van der Waals surface area (Å²) in [5.41, 5.74) is 1.23. The molecule has 0 aliphatic carbocycles. The van der Waals surface area contributed by atoms with E-state index in [1.807, 2.05) is 6.92 Å². The minimum Gasteiger partial charge on any atom is -0.386 e. The zero-order valence-electron chi connectivity index (χ0n) is 10.0. The van der Waals surface area contributed by atoms with Gasteiger partial charge in [-0.1, -0.05) is 6.07 Å². The topological polar surface area (TPSA) is 41.5 Å². The van der Waals surface area contributed by atoms with Crippen molar-refractivity contribution in [2.24, 2.45) is 0 Å². The van der Waals surface area contributed by atoms with Crippen molar-refractivity contribution in [3.05, 3.63) is 35.1 Å². The van der Waals surface area contributed by atoms with Crippen LogP contribution in [0.15, 0.2) is 18.2 Å². The molecule has 1 atom stereocenters. The largest absolute Gasteiger partial charge is 0.386 e. The summed E-state index contributed by atoms with van der Waals surface area (Å²) < 4.78 is 18.1. The summed E-state index contributed by atoms with van der Waals surface area (Å²) in [5, 5.41) is 13.2. The first-order chi connectivity index (χ1) is 8.09. The van der Waals surface area contributed by atoms with Gasteiger partial charge in [-0.25, -0.2) is 4.39 Å². The Morgan fingerprint density at radius 3 is 3.00 bits per heavy atom. The molecule has 1 saturated heterocycles. The second-order valence-electron chi connectivity index (χ2n) is 4.70. The lowest BCUT2D eigenvalue weighted by molar-refractivity contribution is 0.0268. The van der Waals surface area contributed by atoms with Crippen LogP contribution in [0.25, 0.3) is 0 Å². The predicted octanol–water partition coefficient (Wildman–Crippen LogP) is 1.38. The van der Waals surface area contributed by atoms with E-state index >= 15 is 0 Å². The summed E-state index contributed by atoms with van der Waals surface area (Å²) in [6, 6.07) is 4.74. The molecule has 2 rings (SSSR count). The first-order valence-corrected chi connectivity index (χ1v) is 5.85. The summed E-state index contributed by atoms with van der Waals surface area (Å²) in [6.07, 6.45) is 0.669. The maximum Gasteiger partial charge on any atom is 0.123 e. The third-order valence-corrected chi connectivity index (χ3v) is 3.16. The van der Waals surface area contributed by atoms with Crippen molar-refractivity contribution in [3.63, 3.8) is 0 Å². The van der Waals surface area contributed by atoms with Gasteiger partial charge < -0.3 is 15.2 Å². The van der Waals surface area contributed by atoms with E-state index in [1.54, 1.807) is 6.07 Å². The van der Waals surface area contributed by atoms with Gasteiger partial charge in [-0.15, -0.1) is 0 Å². The molecule has 3 nitrogen and oxygen atoms in total. The van der Waals surface area contributed by atoms with Gasteiger partial charge in [-0.2, -0.15) is 0 Å². The third-order valence-electron chi connectivity index (χ3n) is 3.16. The lowest BCUT2D eigenvalue weighted by Gasteiger charge is -2.21. The van der Waals surface area contributed by atoms with Crippen molar-refractivity contribution in [1.29, 1.82) is 0 Å². The normalized spacial score (nSPS) is 24.2. The zero-order valence-corrected chi connectivity index (χ0v) is 10.0. The summed E-state index contributed by atoms with van der Waals surface area (Å²) >= 11 is 0. The molecular weight excluding hydrogens is 221 g/mol. The lowest BCUT2D eigenvalue weighted by atomic mass is 10.0. The fourth-order valence-electron chi connectivity index (χ4n) is 2.02. The average Bonchev–Trinajstić information content (AvgIpc) is 2.69. The van der Waals surface area contributed by atoms with Gasteiger partial charge in [-0.05, 0) is 30.2 Å². The van der Waals surface area contributed by atoms with Crippen molar-refractivity contribution in [1.82, 2.24) is 5.32 Å². The van der Waals surface area contributed by atoms with Crippen molar-refractivity contribution >= 4 is 0 Å². The second-order valence-corrected chi connectivity index (χ2v) is 4.70. The van der Waals surface area contributed by atoms with Crippen LogP contribution in [0.3, 0.4) is 0 Å². The molecule has 1 fully saturated rings. The molecule has 1 aromatic carbocycles. The highest BCUT2D eigenvalue weighted by molar-refractivity contribution is 5.26. The highest BCUT2D eigenvalue weighted by Crippen LogP contribution is 2.17. The Balaban J connectivity index is 1.85. The van der Waals surface area contributed by atoms with E-state index in [0.717, 1.165) is 11.1 Å². The lowest BCUT2D eigenvalue weighted by Crippen LogP contribution is -2.40. The number of benzene rings is 1. The van der Waals surface area contributed by atoms with Gasteiger partial charge in [0.15, 0.2) is 0 Å². The van der Waals surface area contributed by atoms with Crippen LogP contribution in [0.1, 0.15) is 17.5 Å². The minimum absolute atomic E-state index is 0.214. The standard InChI is InChI=1S/C13H18FNO2/c1-10-6-12(14)3-2-11(10)7-15-8-13(16)4-5-17-9-13/h2-3,6,15-16H,4-5,7-9H2,1H3. The van der Waals surface area contributed by atoms with Gasteiger partial charge in [0.05, 0.1) is 6.61 Å². The molecule has 1 aliphatic rings. The molecule has 4 heteroatoms. The minimum atomic E-state index is -0.742. The zero-order chi connectivity index (χ0) is 12.3. The van der Waals surface area contributed by atoms with Crippen LogP contribution in [-0.2, 0) is 11.3 Å². The number of hydrogen-bond acceptors (Lipinski definition) is 3. The quantitative estimate of drug-likeness (QED) is 0.834. The van der Waals surface area contributed by atoms with E-state index in [9.17, 15) is 9.50 Å². The Morgan fingerprint density at radius 2 is 2.35 bits per heavy atom. The predicted molar refractivity (Wildman–Crippen MR) is 63.2 cm³/mol. The SMILES string of the molecule is Cc1cc(F)ccc1CNCC1(O)CCOC1. The number of ether oxygens (including phenoxy) is 1. The molecule has 0 amide bonds. The molecular formula is C13H18FNO2. The number of aryl methyl sites for hydroxylation is 1. The fourth-order valence-corrected chi connectivity index (χ4v) is 2.02. The Labute approximate surface area is 101 Å². The molecule has 0 radical (unpaired) electrons. The van der Waals surface area contributed by atoms with Crippen LogP contribution in [0, 0.1) is 12.7 Å². The van der Waals surface area contributed by atoms with Gasteiger partial charge in [-0.3, -0.25) is 0 Å². The van der Waals surface area contributed by atoms with E-state index in [1.165, 1.54) is 12.1 Å². The summed E-state index contributed by atoms with van der Waals surface area (Å²) in [6.45, 7) is 4.03. The highest BCUT2D eigenvalue weighted by Gasteiger charge is 2.31. The number of halogens is 1. The average molecular weight is 239 g/mol. The van der Waals surface area contributed by atoms with Crippen LogP contribution >= 0.6 is 0 Å². The van der Waals surface area contributed by atoms with Crippen LogP contribution in [0.4, 0.5) is 4.39 Å². The van der Waals surface area contributed by atoms with E-state index in [2.05, 4.69) is 5.32 Å². The molecule has 1 aromatic rings. The Hall–Kier alpha value is -0.970. The van der Waals surface area contributed by atoms with Crippen LogP contribution < -0.4 is 5.32 Å². The maximum atomic E-state index is 12.9. The maximum absolute atomic E-state index is 12.9.